The molecule has 1 aliphatic rings. The van der Waals surface area contributed by atoms with E-state index in [0.29, 0.717) is 0 Å². The fourth-order valence-electron chi connectivity index (χ4n) is 2.49. The molecule has 0 aliphatic heterocycles. The summed E-state index contributed by atoms with van der Waals surface area (Å²) in [6.07, 6.45) is -13.0. The summed E-state index contributed by atoms with van der Waals surface area (Å²) in [7, 11) is 0. The quantitative estimate of drug-likeness (QED) is 0.750. The molecule has 0 aromatic carbocycles. The van der Waals surface area contributed by atoms with Crippen molar-refractivity contribution in [1.82, 2.24) is 9.78 Å². The van der Waals surface area contributed by atoms with Gasteiger partial charge in [-0.1, -0.05) is 0 Å². The minimum absolute atomic E-state index is 0.0413. The topological polar surface area (TPSA) is 17.8 Å². The Morgan fingerprint density at radius 2 is 1.73 bits per heavy atom. The molecule has 0 unspecified atom stereocenters. The molecular weight excluding hydrogens is 324 g/mol. The Hall–Kier alpha value is -1.35. The Morgan fingerprint density at radius 3 is 2.27 bits per heavy atom. The molecular formula is C12H12F8N2. The van der Waals surface area contributed by atoms with E-state index >= 15 is 0 Å². The summed E-state index contributed by atoms with van der Waals surface area (Å²) in [5.41, 5.74) is -2.06. The van der Waals surface area contributed by atoms with E-state index < -0.39 is 55.2 Å². The van der Waals surface area contributed by atoms with Crippen molar-refractivity contribution >= 4 is 0 Å². The smallest absolute Gasteiger partial charge is 0.269 e. The number of aromatic nitrogens is 2. The molecule has 1 aromatic heterocycles. The monoisotopic (exact) mass is 336 g/mol. The Labute approximate surface area is 120 Å². The van der Waals surface area contributed by atoms with Gasteiger partial charge in [0.05, 0.1) is 0 Å². The van der Waals surface area contributed by atoms with Crippen LogP contribution in [0.2, 0.25) is 0 Å². The largest absolute Gasteiger partial charge is 0.435 e. The summed E-state index contributed by atoms with van der Waals surface area (Å²) >= 11 is 0. The predicted molar refractivity (Wildman–Crippen MR) is 59.5 cm³/mol. The zero-order valence-corrected chi connectivity index (χ0v) is 11.2. The molecule has 0 amide bonds. The van der Waals surface area contributed by atoms with Crippen LogP contribution in [0.15, 0.2) is 0 Å². The van der Waals surface area contributed by atoms with Crippen LogP contribution in [0, 0.1) is 0 Å². The molecule has 0 saturated carbocycles. The van der Waals surface area contributed by atoms with Gasteiger partial charge in [0.1, 0.15) is 0 Å². The maximum Gasteiger partial charge on any atom is 0.435 e. The van der Waals surface area contributed by atoms with Gasteiger partial charge in [0.25, 0.3) is 5.92 Å². The minimum atomic E-state index is -4.91. The first-order chi connectivity index (χ1) is 9.89. The zero-order valence-electron chi connectivity index (χ0n) is 11.2. The summed E-state index contributed by atoms with van der Waals surface area (Å²) in [5.74, 6) is -3.26. The molecule has 0 fully saturated rings. The molecule has 1 aliphatic carbocycles. The van der Waals surface area contributed by atoms with Crippen LogP contribution in [0.3, 0.4) is 0 Å². The molecule has 0 N–H and O–H groups in total. The lowest BCUT2D eigenvalue weighted by molar-refractivity contribution is -0.143. The molecule has 1 aromatic rings. The molecule has 126 valence electrons. The molecule has 2 nitrogen and oxygen atoms in total. The van der Waals surface area contributed by atoms with E-state index in [1.165, 1.54) is 0 Å². The van der Waals surface area contributed by atoms with Gasteiger partial charge in [-0.15, -0.1) is 0 Å². The molecule has 0 atom stereocenters. The van der Waals surface area contributed by atoms with Gasteiger partial charge in [0, 0.05) is 37.1 Å². The average molecular weight is 336 g/mol. The second-order valence-electron chi connectivity index (χ2n) is 5.25. The summed E-state index contributed by atoms with van der Waals surface area (Å²) in [6, 6.07) is 0. The number of rotatable bonds is 3. The van der Waals surface area contributed by atoms with Crippen LogP contribution in [0.1, 0.15) is 36.2 Å². The third-order valence-corrected chi connectivity index (χ3v) is 3.43. The van der Waals surface area contributed by atoms with Crippen molar-refractivity contribution in [3.8, 4) is 0 Å². The standard InChI is InChI=1S/C12H12F8N2/c13-10(14)4-2-8-7(6-10)9(12(18,19)20)21-22(8)5-1-3-11(15,16)17/h1-6H2. The van der Waals surface area contributed by atoms with Crippen LogP contribution >= 0.6 is 0 Å². The summed E-state index contributed by atoms with van der Waals surface area (Å²) in [4.78, 5) is 0. The van der Waals surface area contributed by atoms with Gasteiger partial charge in [-0.05, 0) is 12.8 Å². The number of alkyl halides is 8. The highest BCUT2D eigenvalue weighted by Crippen LogP contribution is 2.40. The highest BCUT2D eigenvalue weighted by molar-refractivity contribution is 5.32. The Kier molecular flexibility index (Phi) is 4.16. The number of hydrogen-bond acceptors (Lipinski definition) is 1. The van der Waals surface area contributed by atoms with E-state index in [1.807, 2.05) is 0 Å². The van der Waals surface area contributed by atoms with Gasteiger partial charge < -0.3 is 0 Å². The summed E-state index contributed by atoms with van der Waals surface area (Å²) in [5, 5.41) is 3.24. The Balaban J connectivity index is 2.27. The van der Waals surface area contributed by atoms with Crippen LogP contribution in [-0.2, 0) is 25.6 Å². The number of aryl methyl sites for hydroxylation is 1. The maximum atomic E-state index is 13.3. The highest BCUT2D eigenvalue weighted by atomic mass is 19.4. The van der Waals surface area contributed by atoms with Gasteiger partial charge in [0.15, 0.2) is 5.69 Å². The SMILES string of the molecule is FC(F)(F)CCCn1nc(C(F)(F)F)c2c1CCC(F)(F)C2. The fourth-order valence-corrected chi connectivity index (χ4v) is 2.49. The van der Waals surface area contributed by atoms with Gasteiger partial charge in [-0.25, -0.2) is 8.78 Å². The third kappa shape index (κ3) is 3.89. The van der Waals surface area contributed by atoms with E-state index in [2.05, 4.69) is 5.10 Å². The lowest BCUT2D eigenvalue weighted by atomic mass is 9.92. The summed E-state index contributed by atoms with van der Waals surface area (Å²) in [6.45, 7) is -0.385. The van der Waals surface area contributed by atoms with Gasteiger partial charge >= 0.3 is 12.4 Å². The Morgan fingerprint density at radius 1 is 1.09 bits per heavy atom. The first kappa shape index (κ1) is 17.0. The van der Waals surface area contributed by atoms with Crippen LogP contribution < -0.4 is 0 Å². The van der Waals surface area contributed by atoms with Gasteiger partial charge in [-0.2, -0.15) is 31.4 Å². The second kappa shape index (κ2) is 5.38. The summed E-state index contributed by atoms with van der Waals surface area (Å²) < 4.78 is 102. The lowest BCUT2D eigenvalue weighted by Crippen LogP contribution is -2.28. The first-order valence-electron chi connectivity index (χ1n) is 6.49. The van der Waals surface area contributed by atoms with Crippen LogP contribution in [0.4, 0.5) is 35.1 Å². The van der Waals surface area contributed by atoms with Crippen molar-refractivity contribution in [2.75, 3.05) is 0 Å². The molecule has 1 heterocycles. The number of hydrogen-bond donors (Lipinski definition) is 0. The Bertz CT molecular complexity index is 541. The number of fused-ring (bicyclic) bond motifs is 1. The first-order valence-corrected chi connectivity index (χ1v) is 6.49. The van der Waals surface area contributed by atoms with Crippen molar-refractivity contribution in [2.45, 2.75) is 56.9 Å². The van der Waals surface area contributed by atoms with Crippen LogP contribution in [0.25, 0.3) is 0 Å². The molecule has 0 bridgehead atoms. The van der Waals surface area contributed by atoms with E-state index in [0.717, 1.165) is 4.68 Å². The van der Waals surface area contributed by atoms with Gasteiger partial charge in [-0.3, -0.25) is 4.68 Å². The van der Waals surface area contributed by atoms with Crippen molar-refractivity contribution in [3.05, 3.63) is 17.0 Å². The maximum absolute atomic E-state index is 13.3. The van der Waals surface area contributed by atoms with Crippen molar-refractivity contribution in [1.29, 1.82) is 0 Å². The van der Waals surface area contributed by atoms with Crippen molar-refractivity contribution < 1.29 is 35.1 Å². The van der Waals surface area contributed by atoms with E-state index in [-0.39, 0.29) is 18.7 Å². The van der Waals surface area contributed by atoms with Crippen molar-refractivity contribution in [3.63, 3.8) is 0 Å². The van der Waals surface area contributed by atoms with Crippen molar-refractivity contribution in [2.24, 2.45) is 0 Å². The third-order valence-electron chi connectivity index (χ3n) is 3.43. The van der Waals surface area contributed by atoms with E-state index in [9.17, 15) is 35.1 Å². The molecule has 0 radical (unpaired) electrons. The predicted octanol–water partition coefficient (Wildman–Crippen LogP) is 4.37. The highest BCUT2D eigenvalue weighted by Gasteiger charge is 2.45. The fraction of sp³-hybridized carbons (Fsp3) is 0.750. The van der Waals surface area contributed by atoms with E-state index in [4.69, 9.17) is 0 Å². The molecule has 10 heteroatoms. The molecule has 22 heavy (non-hydrogen) atoms. The lowest BCUT2D eigenvalue weighted by Gasteiger charge is -2.23. The van der Waals surface area contributed by atoms with Crippen LogP contribution in [0.5, 0.6) is 0 Å². The molecule has 2 rings (SSSR count). The molecule has 0 saturated heterocycles. The average Bonchev–Trinajstić information content (AvgIpc) is 2.63. The number of halogens is 8. The molecule has 0 spiro atoms. The second-order valence-corrected chi connectivity index (χ2v) is 5.25. The van der Waals surface area contributed by atoms with E-state index in [1.54, 1.807) is 0 Å². The normalized spacial score (nSPS) is 18.4. The minimum Gasteiger partial charge on any atom is -0.269 e. The van der Waals surface area contributed by atoms with Crippen LogP contribution in [-0.4, -0.2) is 21.9 Å². The van der Waals surface area contributed by atoms with Gasteiger partial charge in [0.2, 0.25) is 0 Å². The zero-order chi connectivity index (χ0) is 16.8. The number of nitrogens with zero attached hydrogens (tertiary/aromatic N) is 2.